The molecule has 0 unspecified atom stereocenters. The van der Waals surface area contributed by atoms with Crippen LogP contribution >= 0.6 is 0 Å². The molecule has 2 N–H and O–H groups in total. The van der Waals surface area contributed by atoms with E-state index in [2.05, 4.69) is 52.9 Å². The maximum absolute atomic E-state index is 12.4. The molecule has 5 rings (SSSR count). The van der Waals surface area contributed by atoms with Crippen LogP contribution in [0, 0.1) is 0 Å². The van der Waals surface area contributed by atoms with Crippen molar-refractivity contribution in [2.75, 3.05) is 18.4 Å². The monoisotopic (exact) mass is 431 g/mol. The van der Waals surface area contributed by atoms with E-state index in [-0.39, 0.29) is 6.09 Å². The van der Waals surface area contributed by atoms with Crippen LogP contribution < -0.4 is 5.32 Å². The van der Waals surface area contributed by atoms with Gasteiger partial charge in [0.1, 0.15) is 5.60 Å². The first kappa shape index (κ1) is 20.9. The Kier molecular flexibility index (Phi) is 5.36. The molecule has 32 heavy (non-hydrogen) atoms. The number of nitrogens with one attached hydrogen (secondary N) is 2. The second kappa shape index (κ2) is 8.19. The summed E-state index contributed by atoms with van der Waals surface area (Å²) in [6.45, 7) is 7.22. The maximum atomic E-state index is 12.4. The summed E-state index contributed by atoms with van der Waals surface area (Å²) in [4.78, 5) is 17.7. The van der Waals surface area contributed by atoms with Gasteiger partial charge in [-0.15, -0.1) is 0 Å². The normalized spacial score (nSPS) is 16.9. The van der Waals surface area contributed by atoms with Crippen molar-refractivity contribution in [1.29, 1.82) is 0 Å². The Morgan fingerprint density at radius 3 is 2.53 bits per heavy atom. The zero-order chi connectivity index (χ0) is 22.3. The average Bonchev–Trinajstić information content (AvgIpc) is 3.39. The number of ether oxygens (including phenoxy) is 1. The number of nitrogens with zero attached hydrogens (tertiary/aromatic N) is 1. The molecule has 2 aromatic carbocycles. The highest BCUT2D eigenvalue weighted by molar-refractivity contribution is 5.87. The number of hydrogen-bond acceptors (Lipinski definition) is 3. The summed E-state index contributed by atoms with van der Waals surface area (Å²) in [5.41, 5.74) is 7.30. The van der Waals surface area contributed by atoms with Crippen molar-refractivity contribution in [3.8, 4) is 0 Å². The second-order valence-electron chi connectivity index (χ2n) is 10.2. The van der Waals surface area contributed by atoms with Crippen LogP contribution in [0.2, 0.25) is 0 Å². The molecule has 5 heteroatoms. The Bertz CT molecular complexity index is 1130. The topological polar surface area (TPSA) is 57.4 Å². The van der Waals surface area contributed by atoms with Gasteiger partial charge >= 0.3 is 6.09 Å². The van der Waals surface area contributed by atoms with Gasteiger partial charge in [-0.05, 0) is 99.7 Å². The Labute approximate surface area is 190 Å². The van der Waals surface area contributed by atoms with Crippen molar-refractivity contribution < 1.29 is 9.53 Å². The minimum atomic E-state index is -0.448. The van der Waals surface area contributed by atoms with E-state index in [4.69, 9.17) is 4.74 Å². The van der Waals surface area contributed by atoms with Crippen molar-refractivity contribution in [1.82, 2.24) is 9.88 Å². The highest BCUT2D eigenvalue weighted by atomic mass is 16.6. The fraction of sp³-hybridized carbons (Fsp3) is 0.444. The summed E-state index contributed by atoms with van der Waals surface area (Å²) in [6.07, 6.45) is 7.55. The van der Waals surface area contributed by atoms with E-state index in [0.717, 1.165) is 42.8 Å². The quantitative estimate of drug-likeness (QED) is 0.497. The van der Waals surface area contributed by atoms with Gasteiger partial charge in [0.15, 0.2) is 0 Å². The lowest BCUT2D eigenvalue weighted by Gasteiger charge is -2.33. The van der Waals surface area contributed by atoms with Crippen molar-refractivity contribution in [3.05, 3.63) is 59.3 Å². The first-order valence-electron chi connectivity index (χ1n) is 11.8. The molecule has 0 saturated carbocycles. The highest BCUT2D eigenvalue weighted by Gasteiger charge is 2.28. The molecule has 2 aliphatic rings. The van der Waals surface area contributed by atoms with E-state index < -0.39 is 5.60 Å². The number of aromatic amines is 1. The lowest BCUT2D eigenvalue weighted by molar-refractivity contribution is 0.0205. The zero-order valence-electron chi connectivity index (χ0n) is 19.3. The zero-order valence-corrected chi connectivity index (χ0v) is 19.3. The number of piperidine rings is 1. The molecule has 1 fully saturated rings. The Balaban J connectivity index is 1.26. The third-order valence-electron chi connectivity index (χ3n) is 6.69. The summed E-state index contributed by atoms with van der Waals surface area (Å²) in [6, 6.07) is 13.3. The number of aryl methyl sites for hydroxylation is 2. The Hall–Kier alpha value is -2.95. The number of aromatic nitrogens is 1. The second-order valence-corrected chi connectivity index (χ2v) is 10.2. The number of fused-ring (bicyclic) bond motifs is 2. The first-order valence-corrected chi connectivity index (χ1v) is 11.8. The molecule has 0 bridgehead atoms. The van der Waals surface area contributed by atoms with Gasteiger partial charge in [-0.25, -0.2) is 4.79 Å². The van der Waals surface area contributed by atoms with E-state index in [0.29, 0.717) is 5.92 Å². The Morgan fingerprint density at radius 1 is 1.03 bits per heavy atom. The van der Waals surface area contributed by atoms with Crippen molar-refractivity contribution in [3.63, 3.8) is 0 Å². The van der Waals surface area contributed by atoms with Crippen LogP contribution in [-0.4, -0.2) is 34.7 Å². The molecule has 1 aromatic heterocycles. The first-order chi connectivity index (χ1) is 15.4. The number of rotatable bonds is 3. The smallest absolute Gasteiger partial charge is 0.410 e. The molecule has 3 aromatic rings. The number of carbonyl (C=O) groups excluding carboxylic acids is 1. The standard InChI is InChI=1S/C27H33N3O2/c1-27(2,3)32-26(31)30-13-11-19(12-14-30)24-17-28-25-16-22(9-10-23(24)25)29-21-8-7-18-5-4-6-20(18)15-21/h7-10,15-17,19,28-29H,4-6,11-14H2,1-3H3. The van der Waals surface area contributed by atoms with Crippen LogP contribution in [0.5, 0.6) is 0 Å². The number of amides is 1. The van der Waals surface area contributed by atoms with Crippen LogP contribution in [-0.2, 0) is 17.6 Å². The molecule has 1 aliphatic carbocycles. The van der Waals surface area contributed by atoms with Gasteiger partial charge < -0.3 is 19.9 Å². The SMILES string of the molecule is CC(C)(C)OC(=O)N1CCC(c2c[nH]c3cc(Nc4ccc5c(c4)CCC5)ccc23)CC1. The van der Waals surface area contributed by atoms with E-state index >= 15 is 0 Å². The highest BCUT2D eigenvalue weighted by Crippen LogP contribution is 2.35. The van der Waals surface area contributed by atoms with Crippen LogP contribution in [0.25, 0.3) is 10.9 Å². The average molecular weight is 432 g/mol. The molecule has 0 radical (unpaired) electrons. The fourth-order valence-electron chi connectivity index (χ4n) is 5.08. The number of carbonyl (C=O) groups is 1. The van der Waals surface area contributed by atoms with Gasteiger partial charge in [-0.1, -0.05) is 12.1 Å². The summed E-state index contributed by atoms with van der Waals surface area (Å²) in [7, 11) is 0. The molecule has 5 nitrogen and oxygen atoms in total. The molecule has 1 saturated heterocycles. The van der Waals surface area contributed by atoms with Crippen molar-refractivity contribution in [2.24, 2.45) is 0 Å². The number of anilines is 2. The minimum Gasteiger partial charge on any atom is -0.444 e. The van der Waals surface area contributed by atoms with Crippen LogP contribution in [0.3, 0.4) is 0 Å². The van der Waals surface area contributed by atoms with Crippen molar-refractivity contribution in [2.45, 2.75) is 64.4 Å². The molecule has 1 amide bonds. The predicted molar refractivity (Wildman–Crippen MR) is 130 cm³/mol. The number of hydrogen-bond donors (Lipinski definition) is 2. The molecule has 1 aliphatic heterocycles. The van der Waals surface area contributed by atoms with Gasteiger partial charge in [0.2, 0.25) is 0 Å². The van der Waals surface area contributed by atoms with Gasteiger partial charge in [0.25, 0.3) is 0 Å². The molecule has 2 heterocycles. The summed E-state index contributed by atoms with van der Waals surface area (Å²) in [5, 5.41) is 4.85. The molecule has 168 valence electrons. The van der Waals surface area contributed by atoms with E-state index in [1.54, 1.807) is 0 Å². The maximum Gasteiger partial charge on any atom is 0.410 e. The van der Waals surface area contributed by atoms with Gasteiger partial charge in [-0.2, -0.15) is 0 Å². The molecular weight excluding hydrogens is 398 g/mol. The van der Waals surface area contributed by atoms with Crippen LogP contribution in [0.15, 0.2) is 42.6 Å². The summed E-state index contributed by atoms with van der Waals surface area (Å²) < 4.78 is 5.53. The van der Waals surface area contributed by atoms with E-state index in [1.807, 2.05) is 25.7 Å². The van der Waals surface area contributed by atoms with Crippen LogP contribution in [0.4, 0.5) is 16.2 Å². The molecular formula is C27H33N3O2. The lowest BCUT2D eigenvalue weighted by atomic mass is 9.89. The number of benzene rings is 2. The summed E-state index contributed by atoms with van der Waals surface area (Å²) >= 11 is 0. The molecule has 0 spiro atoms. The predicted octanol–water partition coefficient (Wildman–Crippen LogP) is 6.51. The third kappa shape index (κ3) is 4.34. The lowest BCUT2D eigenvalue weighted by Crippen LogP contribution is -2.41. The summed E-state index contributed by atoms with van der Waals surface area (Å²) in [5.74, 6) is 0.456. The van der Waals surface area contributed by atoms with E-state index in [1.165, 1.54) is 41.3 Å². The number of H-pyrrole nitrogens is 1. The Morgan fingerprint density at radius 2 is 1.75 bits per heavy atom. The van der Waals surface area contributed by atoms with Gasteiger partial charge in [0, 0.05) is 41.6 Å². The third-order valence-corrected chi connectivity index (χ3v) is 6.69. The van der Waals surface area contributed by atoms with Crippen LogP contribution in [0.1, 0.15) is 62.6 Å². The molecule has 0 atom stereocenters. The number of likely N-dealkylation sites (tertiary alicyclic amines) is 1. The fourth-order valence-corrected chi connectivity index (χ4v) is 5.08. The van der Waals surface area contributed by atoms with Gasteiger partial charge in [-0.3, -0.25) is 0 Å². The minimum absolute atomic E-state index is 0.197. The van der Waals surface area contributed by atoms with Crippen molar-refractivity contribution >= 4 is 28.4 Å². The van der Waals surface area contributed by atoms with E-state index in [9.17, 15) is 4.79 Å². The van der Waals surface area contributed by atoms with Gasteiger partial charge in [0.05, 0.1) is 0 Å². The largest absolute Gasteiger partial charge is 0.444 e.